The van der Waals surface area contributed by atoms with E-state index in [0.717, 1.165) is 13.0 Å². The van der Waals surface area contributed by atoms with E-state index >= 15 is 0 Å². The molecule has 0 heterocycles. The highest BCUT2D eigenvalue weighted by molar-refractivity contribution is 7.90. The molecule has 0 bridgehead atoms. The molecular weight excluding hydrogens is 246 g/mol. The average Bonchev–Trinajstić information content (AvgIpc) is 2.27. The zero-order chi connectivity index (χ0) is 13.6. The molecule has 0 saturated carbocycles. The normalized spacial score (nSPS) is 13.5. The van der Waals surface area contributed by atoms with Gasteiger partial charge in [0.1, 0.15) is 9.84 Å². The lowest BCUT2D eigenvalue weighted by Crippen LogP contribution is -2.22. The minimum Gasteiger partial charge on any atom is -0.310 e. The van der Waals surface area contributed by atoms with Gasteiger partial charge < -0.3 is 5.32 Å². The van der Waals surface area contributed by atoms with E-state index in [1.165, 1.54) is 17.4 Å². The highest BCUT2D eigenvalue weighted by Crippen LogP contribution is 2.22. The van der Waals surface area contributed by atoms with Crippen molar-refractivity contribution >= 4 is 9.84 Å². The number of hydrogen-bond donors (Lipinski definition) is 1. The molecule has 0 aliphatic heterocycles. The Bertz CT molecular complexity index is 468. The van der Waals surface area contributed by atoms with Crippen molar-refractivity contribution in [3.05, 3.63) is 35.4 Å². The third-order valence-corrected chi connectivity index (χ3v) is 4.05. The Hall–Kier alpha value is -0.870. The van der Waals surface area contributed by atoms with Gasteiger partial charge in [-0.05, 0) is 37.4 Å². The second-order valence-corrected chi connectivity index (χ2v) is 7.00. The van der Waals surface area contributed by atoms with E-state index in [-0.39, 0.29) is 11.8 Å². The van der Waals surface area contributed by atoms with E-state index in [2.05, 4.69) is 31.3 Å². The summed E-state index contributed by atoms with van der Waals surface area (Å²) < 4.78 is 22.3. The molecule has 18 heavy (non-hydrogen) atoms. The van der Waals surface area contributed by atoms with Crippen molar-refractivity contribution in [2.75, 3.05) is 18.6 Å². The van der Waals surface area contributed by atoms with Crippen LogP contribution in [0.1, 0.15) is 36.9 Å². The van der Waals surface area contributed by atoms with Gasteiger partial charge in [0.15, 0.2) is 0 Å². The molecule has 102 valence electrons. The molecule has 1 aromatic carbocycles. The van der Waals surface area contributed by atoms with Crippen LogP contribution in [0, 0.1) is 6.92 Å². The summed E-state index contributed by atoms with van der Waals surface area (Å²) in [6.45, 7) is 5.05. The molecule has 0 aliphatic rings. The molecule has 0 radical (unpaired) electrons. The molecule has 3 nitrogen and oxygen atoms in total. The Balaban J connectivity index is 2.69. The molecule has 1 rings (SSSR count). The van der Waals surface area contributed by atoms with Crippen LogP contribution < -0.4 is 5.32 Å². The number of hydrogen-bond acceptors (Lipinski definition) is 3. The predicted octanol–water partition coefficient (Wildman–Crippen LogP) is 2.47. The minimum absolute atomic E-state index is 0.248. The van der Waals surface area contributed by atoms with Crippen molar-refractivity contribution in [1.82, 2.24) is 5.32 Å². The highest BCUT2D eigenvalue weighted by Gasteiger charge is 2.13. The van der Waals surface area contributed by atoms with Crippen LogP contribution in [0.3, 0.4) is 0 Å². The standard InChI is InChI=1S/C14H23NO2S/c1-4-15-14(10-7-11-18(3,16)17)13-9-6-5-8-12(13)2/h5-6,8-9,14-15H,4,7,10-11H2,1-3H3. The Morgan fingerprint density at radius 1 is 1.28 bits per heavy atom. The van der Waals surface area contributed by atoms with Gasteiger partial charge in [0.25, 0.3) is 0 Å². The topological polar surface area (TPSA) is 46.2 Å². The summed E-state index contributed by atoms with van der Waals surface area (Å²) in [4.78, 5) is 0. The van der Waals surface area contributed by atoms with E-state index in [0.29, 0.717) is 6.42 Å². The zero-order valence-electron chi connectivity index (χ0n) is 11.4. The second kappa shape index (κ2) is 6.90. The predicted molar refractivity (Wildman–Crippen MR) is 76.5 cm³/mol. The van der Waals surface area contributed by atoms with Crippen molar-refractivity contribution in [2.45, 2.75) is 32.7 Å². The van der Waals surface area contributed by atoms with Crippen LogP contribution in [-0.2, 0) is 9.84 Å². The molecule has 0 aromatic heterocycles. The Kier molecular flexibility index (Phi) is 5.82. The summed E-state index contributed by atoms with van der Waals surface area (Å²) in [5, 5.41) is 3.43. The van der Waals surface area contributed by atoms with Crippen molar-refractivity contribution in [3.8, 4) is 0 Å². The van der Waals surface area contributed by atoms with Gasteiger partial charge in [0.05, 0.1) is 0 Å². The van der Waals surface area contributed by atoms with Crippen LogP contribution in [0.5, 0.6) is 0 Å². The molecule has 0 spiro atoms. The monoisotopic (exact) mass is 269 g/mol. The van der Waals surface area contributed by atoms with Gasteiger partial charge in [-0.2, -0.15) is 0 Å². The number of sulfone groups is 1. The number of benzene rings is 1. The smallest absolute Gasteiger partial charge is 0.147 e. The molecular formula is C14H23NO2S. The van der Waals surface area contributed by atoms with Crippen LogP contribution in [0.25, 0.3) is 0 Å². The van der Waals surface area contributed by atoms with Crippen LogP contribution in [0.4, 0.5) is 0 Å². The molecule has 0 fully saturated rings. The maximum Gasteiger partial charge on any atom is 0.147 e. The van der Waals surface area contributed by atoms with Gasteiger partial charge in [-0.1, -0.05) is 31.2 Å². The zero-order valence-corrected chi connectivity index (χ0v) is 12.3. The first kappa shape index (κ1) is 15.2. The molecule has 0 saturated heterocycles. The highest BCUT2D eigenvalue weighted by atomic mass is 32.2. The molecule has 0 aliphatic carbocycles. The van der Waals surface area contributed by atoms with E-state index in [1.807, 2.05) is 12.1 Å². The number of aryl methyl sites for hydroxylation is 1. The van der Waals surface area contributed by atoms with Crippen molar-refractivity contribution in [2.24, 2.45) is 0 Å². The third kappa shape index (κ3) is 5.19. The van der Waals surface area contributed by atoms with Crippen molar-refractivity contribution in [3.63, 3.8) is 0 Å². The average molecular weight is 269 g/mol. The summed E-state index contributed by atoms with van der Waals surface area (Å²) in [5.74, 6) is 0.265. The van der Waals surface area contributed by atoms with Crippen LogP contribution >= 0.6 is 0 Å². The molecule has 1 aromatic rings. The van der Waals surface area contributed by atoms with Gasteiger partial charge in [-0.3, -0.25) is 0 Å². The first-order chi connectivity index (χ1) is 8.44. The van der Waals surface area contributed by atoms with Gasteiger partial charge in [0, 0.05) is 18.1 Å². The van der Waals surface area contributed by atoms with Crippen LogP contribution in [0.15, 0.2) is 24.3 Å². The quantitative estimate of drug-likeness (QED) is 0.827. The first-order valence-corrected chi connectivity index (χ1v) is 8.46. The summed E-state index contributed by atoms with van der Waals surface area (Å²) in [7, 11) is -2.85. The van der Waals surface area contributed by atoms with Gasteiger partial charge in [-0.25, -0.2) is 8.42 Å². The number of rotatable bonds is 7. The lowest BCUT2D eigenvalue weighted by molar-refractivity contribution is 0.505. The van der Waals surface area contributed by atoms with Gasteiger partial charge in [-0.15, -0.1) is 0 Å². The van der Waals surface area contributed by atoms with E-state index in [1.54, 1.807) is 0 Å². The maximum absolute atomic E-state index is 11.2. The fourth-order valence-corrected chi connectivity index (χ4v) is 2.83. The summed E-state index contributed by atoms with van der Waals surface area (Å²) in [6, 6.07) is 8.51. The van der Waals surface area contributed by atoms with Crippen LogP contribution in [0.2, 0.25) is 0 Å². The SMILES string of the molecule is CCNC(CCCS(C)(=O)=O)c1ccccc1C. The van der Waals surface area contributed by atoms with Crippen molar-refractivity contribution in [1.29, 1.82) is 0 Å². The minimum atomic E-state index is -2.85. The third-order valence-electron chi connectivity index (χ3n) is 3.02. The Labute approximate surface area is 111 Å². The molecule has 1 unspecified atom stereocenters. The lowest BCUT2D eigenvalue weighted by atomic mass is 9.98. The molecule has 4 heteroatoms. The molecule has 1 atom stereocenters. The molecule has 1 N–H and O–H groups in total. The summed E-state index contributed by atoms with van der Waals surface area (Å²) in [5.41, 5.74) is 2.52. The summed E-state index contributed by atoms with van der Waals surface area (Å²) >= 11 is 0. The van der Waals surface area contributed by atoms with E-state index in [4.69, 9.17) is 0 Å². The lowest BCUT2D eigenvalue weighted by Gasteiger charge is -2.20. The second-order valence-electron chi connectivity index (χ2n) is 4.74. The van der Waals surface area contributed by atoms with E-state index in [9.17, 15) is 8.42 Å². The van der Waals surface area contributed by atoms with E-state index < -0.39 is 9.84 Å². The fraction of sp³-hybridized carbons (Fsp3) is 0.571. The van der Waals surface area contributed by atoms with Gasteiger partial charge >= 0.3 is 0 Å². The first-order valence-electron chi connectivity index (χ1n) is 6.40. The molecule has 0 amide bonds. The largest absolute Gasteiger partial charge is 0.310 e. The van der Waals surface area contributed by atoms with Crippen molar-refractivity contribution < 1.29 is 8.42 Å². The van der Waals surface area contributed by atoms with Gasteiger partial charge in [0.2, 0.25) is 0 Å². The summed E-state index contributed by atoms with van der Waals surface area (Å²) in [6.07, 6.45) is 2.85. The Morgan fingerprint density at radius 3 is 2.50 bits per heavy atom. The Morgan fingerprint density at radius 2 is 1.94 bits per heavy atom. The fourth-order valence-electron chi connectivity index (χ4n) is 2.14. The number of nitrogens with one attached hydrogen (secondary N) is 1. The van der Waals surface area contributed by atoms with Crippen LogP contribution in [-0.4, -0.2) is 27.0 Å². The maximum atomic E-state index is 11.2.